The Hall–Kier alpha value is -2.01. The third-order valence-corrected chi connectivity index (χ3v) is 3.66. The van der Waals surface area contributed by atoms with E-state index in [-0.39, 0.29) is 24.6 Å². The lowest BCUT2D eigenvalue weighted by Gasteiger charge is -2.05. The van der Waals surface area contributed by atoms with Crippen LogP contribution in [-0.2, 0) is 17.8 Å². The average Bonchev–Trinajstić information content (AvgIpc) is 2.81. The molecule has 0 atom stereocenters. The molecule has 0 aliphatic carbocycles. The molecule has 3 nitrogen and oxygen atoms in total. The second-order valence-corrected chi connectivity index (χ2v) is 5.77. The van der Waals surface area contributed by atoms with E-state index in [1.54, 1.807) is 12.4 Å². The van der Waals surface area contributed by atoms with Gasteiger partial charge in [0.25, 0.3) is 0 Å². The first-order valence-electron chi connectivity index (χ1n) is 6.48. The minimum atomic E-state index is -0.347. The highest BCUT2D eigenvalue weighted by Gasteiger charge is 2.09. The highest BCUT2D eigenvalue weighted by Crippen LogP contribution is 2.16. The number of ketones is 1. The summed E-state index contributed by atoms with van der Waals surface area (Å²) in [5.41, 5.74) is 2.45. The van der Waals surface area contributed by atoms with Gasteiger partial charge in [0.2, 0.25) is 0 Å². The zero-order valence-electron chi connectivity index (χ0n) is 11.1. The third kappa shape index (κ3) is 3.19. The Bertz CT molecular complexity index is 793. The van der Waals surface area contributed by atoms with Crippen molar-refractivity contribution in [2.24, 2.45) is 0 Å². The summed E-state index contributed by atoms with van der Waals surface area (Å²) in [7, 11) is 0. The van der Waals surface area contributed by atoms with Gasteiger partial charge in [-0.3, -0.25) is 4.79 Å². The number of carbonyl (C=O) groups is 1. The van der Waals surface area contributed by atoms with Gasteiger partial charge >= 0.3 is 0 Å². The predicted molar refractivity (Wildman–Crippen MR) is 82.5 cm³/mol. The largest absolute Gasteiger partial charge is 0.323 e. The van der Waals surface area contributed by atoms with Gasteiger partial charge in [0.1, 0.15) is 5.82 Å². The Morgan fingerprint density at radius 3 is 2.86 bits per heavy atom. The number of hydrogen-bond acceptors (Lipinski definition) is 2. The Labute approximate surface area is 129 Å². The van der Waals surface area contributed by atoms with Crippen molar-refractivity contribution in [3.05, 3.63) is 64.6 Å². The summed E-state index contributed by atoms with van der Waals surface area (Å²) in [4.78, 5) is 16.4. The highest BCUT2D eigenvalue weighted by molar-refractivity contribution is 9.10. The summed E-state index contributed by atoms with van der Waals surface area (Å²) in [5, 5.41) is 0. The summed E-state index contributed by atoms with van der Waals surface area (Å²) < 4.78 is 15.8. The molecule has 21 heavy (non-hydrogen) atoms. The van der Waals surface area contributed by atoms with Crippen LogP contribution >= 0.6 is 15.9 Å². The fraction of sp³-hybridized carbons (Fsp3) is 0.125. The number of imidazole rings is 1. The van der Waals surface area contributed by atoms with Gasteiger partial charge in [0.05, 0.1) is 23.9 Å². The fourth-order valence-electron chi connectivity index (χ4n) is 2.32. The number of rotatable bonds is 4. The highest BCUT2D eigenvalue weighted by atomic mass is 79.9. The maximum atomic E-state index is 13.3. The molecule has 0 saturated carbocycles. The molecule has 1 heterocycles. The van der Waals surface area contributed by atoms with Gasteiger partial charge in [-0.15, -0.1) is 0 Å². The molecule has 5 heteroatoms. The van der Waals surface area contributed by atoms with Gasteiger partial charge in [-0.05, 0) is 35.9 Å². The zero-order valence-corrected chi connectivity index (χ0v) is 12.7. The second kappa shape index (κ2) is 5.77. The molecule has 0 saturated heterocycles. The maximum absolute atomic E-state index is 13.3. The molecule has 2 aromatic carbocycles. The molecule has 0 spiro atoms. The number of carbonyl (C=O) groups excluding carboxylic acids is 1. The summed E-state index contributed by atoms with van der Waals surface area (Å²) >= 11 is 3.23. The van der Waals surface area contributed by atoms with Gasteiger partial charge in [-0.2, -0.15) is 0 Å². The van der Waals surface area contributed by atoms with E-state index in [2.05, 4.69) is 20.9 Å². The maximum Gasteiger partial charge on any atom is 0.156 e. The number of para-hydroxylation sites is 2. The van der Waals surface area contributed by atoms with Crippen LogP contribution in [0.15, 0.2) is 53.3 Å². The van der Waals surface area contributed by atoms with Crippen LogP contribution in [0.1, 0.15) is 5.56 Å². The van der Waals surface area contributed by atoms with Crippen LogP contribution in [0.25, 0.3) is 11.0 Å². The Balaban J connectivity index is 1.77. The molecule has 106 valence electrons. The topological polar surface area (TPSA) is 34.9 Å². The van der Waals surface area contributed by atoms with Crippen LogP contribution in [0.5, 0.6) is 0 Å². The molecular formula is C16H12BrFN2O. The van der Waals surface area contributed by atoms with Crippen LogP contribution in [-0.4, -0.2) is 15.3 Å². The lowest BCUT2D eigenvalue weighted by molar-refractivity contribution is -0.118. The molecule has 0 bridgehead atoms. The quantitative estimate of drug-likeness (QED) is 0.721. The molecule has 3 aromatic rings. The third-order valence-electron chi connectivity index (χ3n) is 3.20. The summed E-state index contributed by atoms with van der Waals surface area (Å²) in [5.74, 6) is -0.337. The van der Waals surface area contributed by atoms with E-state index in [1.807, 2.05) is 28.8 Å². The van der Waals surface area contributed by atoms with Crippen molar-refractivity contribution in [2.75, 3.05) is 0 Å². The second-order valence-electron chi connectivity index (χ2n) is 4.85. The molecule has 0 aliphatic heterocycles. The molecule has 0 radical (unpaired) electrons. The first-order chi connectivity index (χ1) is 10.1. The van der Waals surface area contributed by atoms with E-state index in [0.29, 0.717) is 10.0 Å². The number of halogens is 2. The molecule has 0 unspecified atom stereocenters. The molecule has 3 rings (SSSR count). The van der Waals surface area contributed by atoms with Gasteiger partial charge in [-0.1, -0.05) is 28.1 Å². The predicted octanol–water partition coefficient (Wildman–Crippen LogP) is 3.75. The fourth-order valence-corrected chi connectivity index (χ4v) is 2.84. The van der Waals surface area contributed by atoms with E-state index in [1.165, 1.54) is 12.1 Å². The van der Waals surface area contributed by atoms with E-state index < -0.39 is 0 Å². The van der Waals surface area contributed by atoms with Gasteiger partial charge in [-0.25, -0.2) is 9.37 Å². The van der Waals surface area contributed by atoms with Crippen LogP contribution in [0.3, 0.4) is 0 Å². The van der Waals surface area contributed by atoms with Crippen molar-refractivity contribution in [1.29, 1.82) is 0 Å². The lowest BCUT2D eigenvalue weighted by atomic mass is 10.1. The molecule has 0 N–H and O–H groups in total. The van der Waals surface area contributed by atoms with E-state index >= 15 is 0 Å². The molecule has 0 fully saturated rings. The zero-order chi connectivity index (χ0) is 14.8. The Morgan fingerprint density at radius 2 is 2.05 bits per heavy atom. The van der Waals surface area contributed by atoms with Crippen LogP contribution in [0.4, 0.5) is 4.39 Å². The number of Topliss-reactive ketones (excluding diaryl/α,β-unsaturated/α-hetero) is 1. The smallest absolute Gasteiger partial charge is 0.156 e. The van der Waals surface area contributed by atoms with Crippen LogP contribution in [0, 0.1) is 5.82 Å². The van der Waals surface area contributed by atoms with Crippen LogP contribution < -0.4 is 0 Å². The SMILES string of the molecule is O=C(Cc1cc(F)cc(Br)c1)Cn1cnc2ccccc21. The number of hydrogen-bond donors (Lipinski definition) is 0. The number of aromatic nitrogens is 2. The lowest BCUT2D eigenvalue weighted by Crippen LogP contribution is -2.12. The average molecular weight is 347 g/mol. The van der Waals surface area contributed by atoms with E-state index in [4.69, 9.17) is 0 Å². The van der Waals surface area contributed by atoms with Crippen molar-refractivity contribution in [3.63, 3.8) is 0 Å². The summed E-state index contributed by atoms with van der Waals surface area (Å²) in [6.45, 7) is 0.231. The van der Waals surface area contributed by atoms with Crippen molar-refractivity contribution >= 4 is 32.7 Å². The minimum Gasteiger partial charge on any atom is -0.323 e. The molecule has 1 aromatic heterocycles. The number of benzene rings is 2. The first kappa shape index (κ1) is 13.9. The Morgan fingerprint density at radius 1 is 1.24 bits per heavy atom. The molecule has 0 amide bonds. The van der Waals surface area contributed by atoms with Gasteiger partial charge < -0.3 is 4.57 Å². The molecular weight excluding hydrogens is 335 g/mol. The van der Waals surface area contributed by atoms with E-state index in [0.717, 1.165) is 11.0 Å². The van der Waals surface area contributed by atoms with Crippen LogP contribution in [0.2, 0.25) is 0 Å². The first-order valence-corrected chi connectivity index (χ1v) is 7.27. The van der Waals surface area contributed by atoms with Crippen molar-refractivity contribution in [1.82, 2.24) is 9.55 Å². The van der Waals surface area contributed by atoms with E-state index in [9.17, 15) is 9.18 Å². The van der Waals surface area contributed by atoms with Crippen molar-refractivity contribution in [3.8, 4) is 0 Å². The number of fused-ring (bicyclic) bond motifs is 1. The molecule has 0 aliphatic rings. The monoisotopic (exact) mass is 346 g/mol. The summed E-state index contributed by atoms with van der Waals surface area (Å²) in [6.07, 6.45) is 1.85. The normalized spacial score (nSPS) is 11.0. The minimum absolute atomic E-state index is 0.00986. The Kier molecular flexibility index (Phi) is 3.84. The summed E-state index contributed by atoms with van der Waals surface area (Å²) in [6, 6.07) is 12.2. The van der Waals surface area contributed by atoms with Gasteiger partial charge in [0, 0.05) is 10.9 Å². The standard InChI is InChI=1S/C16H12BrFN2O/c17-12-5-11(6-13(18)8-12)7-14(21)9-20-10-19-15-3-1-2-4-16(15)20/h1-6,8,10H,7,9H2. The van der Waals surface area contributed by atoms with Crippen molar-refractivity contribution < 1.29 is 9.18 Å². The van der Waals surface area contributed by atoms with Crippen molar-refractivity contribution in [2.45, 2.75) is 13.0 Å². The van der Waals surface area contributed by atoms with Gasteiger partial charge in [0.15, 0.2) is 5.78 Å². The number of nitrogens with zero attached hydrogens (tertiary/aromatic N) is 2.